The minimum Gasteiger partial charge on any atom is -0.340 e. The Labute approximate surface area is 191 Å². The van der Waals surface area contributed by atoms with Gasteiger partial charge in [0.25, 0.3) is 0 Å². The number of aromatic nitrogens is 2. The Morgan fingerprint density at radius 1 is 1.23 bits per heavy atom. The van der Waals surface area contributed by atoms with Crippen molar-refractivity contribution in [2.45, 2.75) is 44.5 Å². The minimum absolute atomic E-state index is 0.201. The Balaban J connectivity index is 1.52. The number of imidazole rings is 1. The Morgan fingerprint density at radius 3 is 2.87 bits per heavy atom. The SMILES string of the molecule is Cc1c(Cl)ccc2[nH]c([C@]3(C)CCCN3N3C=C(c4cccc(Cl)c4)SC3C)nc12. The van der Waals surface area contributed by atoms with Crippen molar-refractivity contribution in [1.29, 1.82) is 0 Å². The molecule has 2 aliphatic rings. The van der Waals surface area contributed by atoms with E-state index in [4.69, 9.17) is 28.2 Å². The molecule has 7 heteroatoms. The second-order valence-electron chi connectivity index (χ2n) is 8.26. The zero-order chi connectivity index (χ0) is 21.0. The third kappa shape index (κ3) is 3.23. The van der Waals surface area contributed by atoms with Gasteiger partial charge in [-0.25, -0.2) is 9.99 Å². The monoisotopic (exact) mass is 458 g/mol. The summed E-state index contributed by atoms with van der Waals surface area (Å²) in [6.07, 6.45) is 4.44. The first-order valence-corrected chi connectivity index (χ1v) is 11.9. The molecule has 0 radical (unpaired) electrons. The van der Waals surface area contributed by atoms with Crippen LogP contribution in [0.2, 0.25) is 10.0 Å². The summed E-state index contributed by atoms with van der Waals surface area (Å²) in [6, 6.07) is 12.0. The molecule has 0 aliphatic carbocycles. The fraction of sp³-hybridized carbons (Fsp3) is 0.348. The molecule has 1 aromatic heterocycles. The van der Waals surface area contributed by atoms with Crippen molar-refractivity contribution >= 4 is 50.9 Å². The first-order valence-electron chi connectivity index (χ1n) is 10.2. The molecule has 4 nitrogen and oxygen atoms in total. The molecule has 1 saturated heterocycles. The summed E-state index contributed by atoms with van der Waals surface area (Å²) in [4.78, 5) is 9.83. The van der Waals surface area contributed by atoms with Crippen LogP contribution in [0.1, 0.15) is 43.6 Å². The molecule has 0 bridgehead atoms. The van der Waals surface area contributed by atoms with Gasteiger partial charge in [0.1, 0.15) is 5.82 Å². The van der Waals surface area contributed by atoms with Crippen LogP contribution in [0.3, 0.4) is 0 Å². The number of fused-ring (bicyclic) bond motifs is 1. The highest BCUT2D eigenvalue weighted by atomic mass is 35.5. The van der Waals surface area contributed by atoms with Crippen molar-refractivity contribution in [3.8, 4) is 0 Å². The van der Waals surface area contributed by atoms with Gasteiger partial charge < -0.3 is 4.98 Å². The number of halogens is 2. The standard InChI is InChI=1S/C23H24Cl2N4S/c1-14-18(25)8-9-19-21(14)27-22(26-19)23(3)10-5-11-29(23)28-13-20(30-15(28)2)16-6-4-7-17(24)12-16/h4,6-9,12-13,15H,5,10-11H2,1-3H3,(H,26,27)/t15?,23-/m0/s1. The second kappa shape index (κ2) is 7.49. The molecule has 1 fully saturated rings. The van der Waals surface area contributed by atoms with Crippen LogP contribution in [0.25, 0.3) is 15.9 Å². The highest BCUT2D eigenvalue weighted by molar-refractivity contribution is 8.09. The van der Waals surface area contributed by atoms with Gasteiger partial charge in [-0.1, -0.05) is 47.1 Å². The van der Waals surface area contributed by atoms with Gasteiger partial charge >= 0.3 is 0 Å². The molecule has 3 aromatic rings. The van der Waals surface area contributed by atoms with Gasteiger partial charge in [0, 0.05) is 27.7 Å². The fourth-order valence-electron chi connectivity index (χ4n) is 4.55. The zero-order valence-corrected chi connectivity index (χ0v) is 19.6. The normalized spacial score (nSPS) is 24.8. The van der Waals surface area contributed by atoms with E-state index in [2.05, 4.69) is 41.1 Å². The van der Waals surface area contributed by atoms with Crippen LogP contribution < -0.4 is 0 Å². The van der Waals surface area contributed by atoms with Crippen LogP contribution in [-0.2, 0) is 5.54 Å². The predicted molar refractivity (Wildman–Crippen MR) is 127 cm³/mol. The number of thioether (sulfide) groups is 1. The second-order valence-corrected chi connectivity index (χ2v) is 10.5. The lowest BCUT2D eigenvalue weighted by molar-refractivity contribution is -0.0492. The van der Waals surface area contributed by atoms with Crippen molar-refractivity contribution in [3.05, 3.63) is 69.6 Å². The highest BCUT2D eigenvalue weighted by Crippen LogP contribution is 2.46. The summed E-state index contributed by atoms with van der Waals surface area (Å²) in [5.74, 6) is 1.00. The van der Waals surface area contributed by atoms with E-state index in [1.54, 1.807) is 0 Å². The number of hydrogen-bond acceptors (Lipinski definition) is 4. The van der Waals surface area contributed by atoms with Crippen LogP contribution >= 0.6 is 35.0 Å². The molecule has 3 heterocycles. The van der Waals surface area contributed by atoms with Crippen LogP contribution in [-0.4, -0.2) is 31.9 Å². The summed E-state index contributed by atoms with van der Waals surface area (Å²) >= 11 is 14.4. The Hall–Kier alpha value is -1.66. The van der Waals surface area contributed by atoms with E-state index >= 15 is 0 Å². The maximum Gasteiger partial charge on any atom is 0.129 e. The number of nitrogens with zero attached hydrogens (tertiary/aromatic N) is 3. The van der Waals surface area contributed by atoms with Gasteiger partial charge in [-0.3, -0.25) is 5.01 Å². The van der Waals surface area contributed by atoms with Gasteiger partial charge in [0.2, 0.25) is 0 Å². The van der Waals surface area contributed by atoms with Gasteiger partial charge in [0.15, 0.2) is 0 Å². The van der Waals surface area contributed by atoms with Gasteiger partial charge in [0.05, 0.1) is 21.9 Å². The van der Waals surface area contributed by atoms with E-state index in [9.17, 15) is 0 Å². The molecule has 156 valence electrons. The van der Waals surface area contributed by atoms with Gasteiger partial charge in [-0.05, 0) is 69.0 Å². The predicted octanol–water partition coefficient (Wildman–Crippen LogP) is 6.80. The topological polar surface area (TPSA) is 35.2 Å². The minimum atomic E-state index is -0.201. The number of hydrogen-bond donors (Lipinski definition) is 1. The van der Waals surface area contributed by atoms with Gasteiger partial charge in [-0.15, -0.1) is 0 Å². The van der Waals surface area contributed by atoms with Crippen molar-refractivity contribution in [2.75, 3.05) is 6.54 Å². The van der Waals surface area contributed by atoms with Crippen molar-refractivity contribution < 1.29 is 0 Å². The maximum atomic E-state index is 6.34. The Bertz CT molecular complexity index is 1160. The molecular weight excluding hydrogens is 435 g/mol. The zero-order valence-electron chi connectivity index (χ0n) is 17.2. The lowest BCUT2D eigenvalue weighted by atomic mass is 9.99. The molecule has 0 saturated carbocycles. The first kappa shape index (κ1) is 20.3. The summed E-state index contributed by atoms with van der Waals surface area (Å²) in [7, 11) is 0. The molecule has 5 rings (SSSR count). The number of rotatable bonds is 3. The smallest absolute Gasteiger partial charge is 0.129 e. The highest BCUT2D eigenvalue weighted by Gasteiger charge is 2.45. The van der Waals surface area contributed by atoms with E-state index in [-0.39, 0.29) is 5.54 Å². The number of hydrazine groups is 1. The lowest BCUT2D eigenvalue weighted by Gasteiger charge is -2.41. The first-order chi connectivity index (χ1) is 14.4. The molecule has 2 aliphatic heterocycles. The average Bonchev–Trinajstić information content (AvgIpc) is 3.42. The van der Waals surface area contributed by atoms with Gasteiger partial charge in [-0.2, -0.15) is 0 Å². The molecule has 2 atom stereocenters. The van der Waals surface area contributed by atoms with E-state index in [1.165, 1.54) is 4.91 Å². The Kier molecular flexibility index (Phi) is 5.05. The largest absolute Gasteiger partial charge is 0.340 e. The van der Waals surface area contributed by atoms with Crippen molar-refractivity contribution in [3.63, 3.8) is 0 Å². The summed E-state index contributed by atoms with van der Waals surface area (Å²) in [5.41, 5.74) is 3.99. The molecule has 0 amide bonds. The van der Waals surface area contributed by atoms with E-state index < -0.39 is 0 Å². The summed E-state index contributed by atoms with van der Waals surface area (Å²) in [5, 5.41) is 6.67. The number of nitrogens with one attached hydrogen (secondary N) is 1. The third-order valence-corrected chi connectivity index (χ3v) is 8.06. The summed E-state index contributed by atoms with van der Waals surface area (Å²) in [6.45, 7) is 7.57. The summed E-state index contributed by atoms with van der Waals surface area (Å²) < 4.78 is 0. The van der Waals surface area contributed by atoms with Crippen molar-refractivity contribution in [2.24, 2.45) is 0 Å². The van der Waals surface area contributed by atoms with E-state index in [0.29, 0.717) is 5.37 Å². The molecule has 1 unspecified atom stereocenters. The molecular formula is C23H24Cl2N4S. The van der Waals surface area contributed by atoms with Crippen LogP contribution in [0, 0.1) is 6.92 Å². The third-order valence-electron chi connectivity index (χ3n) is 6.26. The van der Waals surface area contributed by atoms with Crippen LogP contribution in [0.15, 0.2) is 42.6 Å². The van der Waals surface area contributed by atoms with Crippen LogP contribution in [0.5, 0.6) is 0 Å². The number of aromatic amines is 1. The van der Waals surface area contributed by atoms with E-state index in [0.717, 1.165) is 57.4 Å². The quantitative estimate of drug-likeness (QED) is 0.467. The Morgan fingerprint density at radius 2 is 2.07 bits per heavy atom. The maximum absolute atomic E-state index is 6.34. The molecule has 30 heavy (non-hydrogen) atoms. The molecule has 0 spiro atoms. The number of aryl methyl sites for hydroxylation is 1. The number of benzene rings is 2. The molecule has 1 N–H and O–H groups in total. The van der Waals surface area contributed by atoms with E-state index in [1.807, 2.05) is 49.0 Å². The van der Waals surface area contributed by atoms with Crippen molar-refractivity contribution in [1.82, 2.24) is 20.0 Å². The lowest BCUT2D eigenvalue weighted by Crippen LogP contribution is -2.50. The number of H-pyrrole nitrogens is 1. The average molecular weight is 459 g/mol. The fourth-order valence-corrected chi connectivity index (χ4v) is 5.97. The molecule has 2 aromatic carbocycles. The van der Waals surface area contributed by atoms with Crippen LogP contribution in [0.4, 0.5) is 0 Å².